The van der Waals surface area contributed by atoms with Crippen LogP contribution in [0.4, 0.5) is 0 Å². The van der Waals surface area contributed by atoms with E-state index in [0.29, 0.717) is 27.2 Å². The first-order valence-electron chi connectivity index (χ1n) is 4.86. The summed E-state index contributed by atoms with van der Waals surface area (Å²) in [6.45, 7) is 0.359. The van der Waals surface area contributed by atoms with Crippen LogP contribution in [0.25, 0.3) is 0 Å². The van der Waals surface area contributed by atoms with E-state index in [2.05, 4.69) is 4.98 Å². The van der Waals surface area contributed by atoms with E-state index in [-0.39, 0.29) is 0 Å². The predicted molar refractivity (Wildman–Crippen MR) is 68.7 cm³/mol. The van der Waals surface area contributed by atoms with Gasteiger partial charge in [-0.15, -0.1) is 0 Å². The first kappa shape index (κ1) is 12.7. The summed E-state index contributed by atoms with van der Waals surface area (Å²) < 4.78 is 1.75. The molecule has 0 aliphatic carbocycles. The summed E-state index contributed by atoms with van der Waals surface area (Å²) in [5, 5.41) is 11.2. The van der Waals surface area contributed by atoms with Crippen LogP contribution in [0.1, 0.15) is 11.7 Å². The third-order valence-electron chi connectivity index (χ3n) is 2.34. The number of hydrogen-bond acceptors (Lipinski definition) is 2. The van der Waals surface area contributed by atoms with Crippen LogP contribution in [0.2, 0.25) is 15.1 Å². The number of imidazole rings is 1. The van der Waals surface area contributed by atoms with Gasteiger partial charge >= 0.3 is 0 Å². The lowest BCUT2D eigenvalue weighted by Gasteiger charge is -2.14. The maximum Gasteiger partial charge on any atom is 0.0984 e. The summed E-state index contributed by atoms with van der Waals surface area (Å²) in [4.78, 5) is 3.89. The molecule has 1 aromatic carbocycles. The summed E-state index contributed by atoms with van der Waals surface area (Å²) in [7, 11) is 0. The van der Waals surface area contributed by atoms with Gasteiger partial charge in [-0.25, -0.2) is 4.98 Å². The second-order valence-corrected chi connectivity index (χ2v) is 4.78. The molecular weight excluding hydrogens is 282 g/mol. The molecule has 0 bridgehead atoms. The molecule has 0 radical (unpaired) electrons. The van der Waals surface area contributed by atoms with Gasteiger partial charge in [0.15, 0.2) is 0 Å². The molecule has 1 heterocycles. The minimum atomic E-state index is -0.758. The Morgan fingerprint density at radius 1 is 1.18 bits per heavy atom. The molecule has 2 aromatic rings. The highest BCUT2D eigenvalue weighted by Gasteiger charge is 2.14. The van der Waals surface area contributed by atoms with E-state index < -0.39 is 6.10 Å². The first-order valence-corrected chi connectivity index (χ1v) is 5.99. The molecule has 6 heteroatoms. The van der Waals surface area contributed by atoms with Crippen molar-refractivity contribution in [1.29, 1.82) is 0 Å². The van der Waals surface area contributed by atoms with Crippen molar-refractivity contribution in [3.8, 4) is 0 Å². The first-order chi connectivity index (χ1) is 8.08. The molecule has 1 atom stereocenters. The molecule has 0 saturated heterocycles. The van der Waals surface area contributed by atoms with Gasteiger partial charge in [-0.05, 0) is 12.1 Å². The fourth-order valence-corrected chi connectivity index (χ4v) is 2.17. The monoisotopic (exact) mass is 290 g/mol. The lowest BCUT2D eigenvalue weighted by molar-refractivity contribution is 0.156. The zero-order valence-electron chi connectivity index (χ0n) is 8.65. The Morgan fingerprint density at radius 3 is 2.53 bits per heavy atom. The summed E-state index contributed by atoms with van der Waals surface area (Å²) >= 11 is 17.7. The van der Waals surface area contributed by atoms with Gasteiger partial charge in [0.1, 0.15) is 0 Å². The molecule has 1 aromatic heterocycles. The average molecular weight is 292 g/mol. The molecule has 1 N–H and O–H groups in total. The van der Waals surface area contributed by atoms with Gasteiger partial charge < -0.3 is 9.67 Å². The molecule has 0 amide bonds. The molecule has 17 heavy (non-hydrogen) atoms. The number of halogens is 3. The number of aliphatic hydroxyl groups is 1. The van der Waals surface area contributed by atoms with E-state index in [0.717, 1.165) is 0 Å². The Kier molecular flexibility index (Phi) is 3.94. The predicted octanol–water partition coefficient (Wildman–Crippen LogP) is 3.58. The minimum absolute atomic E-state index is 0.359. The molecule has 0 spiro atoms. The molecule has 0 aliphatic rings. The van der Waals surface area contributed by atoms with Crippen LogP contribution in [-0.4, -0.2) is 14.7 Å². The number of benzene rings is 1. The summed E-state index contributed by atoms with van der Waals surface area (Å²) in [5.41, 5.74) is 0.551. The minimum Gasteiger partial charge on any atom is -0.386 e. The largest absolute Gasteiger partial charge is 0.386 e. The second kappa shape index (κ2) is 5.27. The van der Waals surface area contributed by atoms with Gasteiger partial charge in [0.2, 0.25) is 0 Å². The maximum atomic E-state index is 10.1. The Morgan fingerprint density at radius 2 is 1.88 bits per heavy atom. The standard InChI is InChI=1S/C11H9Cl3N2O/c12-8-4-10(14)9(13)3-7(8)11(17)5-16-2-1-15-6-16/h1-4,6,11,17H,5H2. The molecule has 0 fully saturated rings. The van der Waals surface area contributed by atoms with Crippen molar-refractivity contribution in [2.75, 3.05) is 0 Å². The van der Waals surface area contributed by atoms with E-state index in [1.807, 2.05) is 0 Å². The lowest BCUT2D eigenvalue weighted by Crippen LogP contribution is -2.07. The molecule has 2 rings (SSSR count). The third-order valence-corrected chi connectivity index (χ3v) is 3.39. The Balaban J connectivity index is 2.24. The highest BCUT2D eigenvalue weighted by atomic mass is 35.5. The zero-order chi connectivity index (χ0) is 12.4. The van der Waals surface area contributed by atoms with Gasteiger partial charge in [-0.3, -0.25) is 0 Å². The van der Waals surface area contributed by atoms with Crippen molar-refractivity contribution in [2.45, 2.75) is 12.6 Å². The summed E-state index contributed by atoms with van der Waals surface area (Å²) in [6, 6.07) is 3.10. The van der Waals surface area contributed by atoms with E-state index in [4.69, 9.17) is 34.8 Å². The van der Waals surface area contributed by atoms with Crippen LogP contribution in [0.3, 0.4) is 0 Å². The Labute approximate surface area is 114 Å². The van der Waals surface area contributed by atoms with E-state index in [9.17, 15) is 5.11 Å². The zero-order valence-corrected chi connectivity index (χ0v) is 10.9. The van der Waals surface area contributed by atoms with Gasteiger partial charge in [-0.2, -0.15) is 0 Å². The number of nitrogens with zero attached hydrogens (tertiary/aromatic N) is 2. The summed E-state index contributed by atoms with van der Waals surface area (Å²) in [5.74, 6) is 0. The quantitative estimate of drug-likeness (QED) is 0.878. The van der Waals surface area contributed by atoms with Crippen molar-refractivity contribution in [2.24, 2.45) is 0 Å². The topological polar surface area (TPSA) is 38.0 Å². The number of aromatic nitrogens is 2. The number of aliphatic hydroxyl groups excluding tert-OH is 1. The van der Waals surface area contributed by atoms with Gasteiger partial charge in [-0.1, -0.05) is 34.8 Å². The fourth-order valence-electron chi connectivity index (χ4n) is 1.49. The van der Waals surface area contributed by atoms with Crippen LogP contribution in [0.15, 0.2) is 30.9 Å². The summed E-state index contributed by atoms with van der Waals surface area (Å²) in [6.07, 6.45) is 4.26. The number of rotatable bonds is 3. The van der Waals surface area contributed by atoms with Crippen molar-refractivity contribution in [3.05, 3.63) is 51.5 Å². The van der Waals surface area contributed by atoms with Gasteiger partial charge in [0.05, 0.1) is 29.0 Å². The molecule has 0 aliphatic heterocycles. The van der Waals surface area contributed by atoms with E-state index in [1.165, 1.54) is 6.07 Å². The molecule has 90 valence electrons. The van der Waals surface area contributed by atoms with E-state index in [1.54, 1.807) is 29.4 Å². The van der Waals surface area contributed by atoms with Crippen LogP contribution < -0.4 is 0 Å². The second-order valence-electron chi connectivity index (χ2n) is 3.56. The highest BCUT2D eigenvalue weighted by Crippen LogP contribution is 2.32. The van der Waals surface area contributed by atoms with Crippen molar-refractivity contribution < 1.29 is 5.11 Å². The average Bonchev–Trinajstić information content (AvgIpc) is 2.76. The molecule has 3 nitrogen and oxygen atoms in total. The van der Waals surface area contributed by atoms with Gasteiger partial charge in [0, 0.05) is 23.0 Å². The molecule has 0 saturated carbocycles. The van der Waals surface area contributed by atoms with Crippen LogP contribution >= 0.6 is 34.8 Å². The van der Waals surface area contributed by atoms with Crippen molar-refractivity contribution in [1.82, 2.24) is 9.55 Å². The van der Waals surface area contributed by atoms with E-state index >= 15 is 0 Å². The Hall–Kier alpha value is -0.740. The van der Waals surface area contributed by atoms with Crippen molar-refractivity contribution >= 4 is 34.8 Å². The van der Waals surface area contributed by atoms with Crippen LogP contribution in [0, 0.1) is 0 Å². The highest BCUT2D eigenvalue weighted by molar-refractivity contribution is 6.43. The molecule has 1 unspecified atom stereocenters. The number of hydrogen-bond donors (Lipinski definition) is 1. The Bertz CT molecular complexity index is 514. The maximum absolute atomic E-state index is 10.1. The fraction of sp³-hybridized carbons (Fsp3) is 0.182. The van der Waals surface area contributed by atoms with Crippen molar-refractivity contribution in [3.63, 3.8) is 0 Å². The van der Waals surface area contributed by atoms with Crippen LogP contribution in [-0.2, 0) is 6.54 Å². The third kappa shape index (κ3) is 2.93. The molecular formula is C11H9Cl3N2O. The smallest absolute Gasteiger partial charge is 0.0984 e. The normalized spacial score (nSPS) is 12.7. The van der Waals surface area contributed by atoms with Crippen LogP contribution in [0.5, 0.6) is 0 Å². The SMILES string of the molecule is OC(Cn1ccnc1)c1cc(Cl)c(Cl)cc1Cl. The lowest BCUT2D eigenvalue weighted by atomic mass is 10.1. The van der Waals surface area contributed by atoms with Gasteiger partial charge in [0.25, 0.3) is 0 Å².